The second kappa shape index (κ2) is 39.2. The summed E-state index contributed by atoms with van der Waals surface area (Å²) in [6, 6.07) is 12.4. The zero-order chi connectivity index (χ0) is 39.5. The Balaban J connectivity index is 0. The molecule has 4 nitrogen and oxygen atoms in total. The van der Waals surface area contributed by atoms with E-state index in [4.69, 9.17) is 9.47 Å². The Bertz CT molecular complexity index is 1290. The fourth-order valence-corrected chi connectivity index (χ4v) is 5.11. The topological polar surface area (TPSA) is 64.6 Å². The van der Waals surface area contributed by atoms with Crippen molar-refractivity contribution < 1.29 is 72.1 Å². The van der Waals surface area contributed by atoms with Crippen LogP contribution in [0, 0.1) is 24.3 Å². The molecule has 0 amide bonds. The fraction of sp³-hybridized carbons (Fsp3) is 0.440. The van der Waals surface area contributed by atoms with Crippen molar-refractivity contribution in [3.05, 3.63) is 144 Å². The molecule has 0 atom stereocenters. The van der Waals surface area contributed by atoms with Crippen LogP contribution in [-0.4, -0.2) is 14.2 Å². The van der Waals surface area contributed by atoms with E-state index < -0.39 is 0 Å². The number of hydrogen-bond donors (Lipinski definition) is 0. The zero-order valence-electron chi connectivity index (χ0n) is 35.2. The molecule has 0 heterocycles. The van der Waals surface area contributed by atoms with Gasteiger partial charge < -0.3 is 19.7 Å². The maximum Gasteiger partial charge on any atom is 2.00 e. The number of unbranched alkanes of at least 4 members (excludes halogenated alkanes) is 4. The van der Waals surface area contributed by atoms with Crippen molar-refractivity contribution in [1.29, 1.82) is 0 Å². The van der Waals surface area contributed by atoms with E-state index in [-0.39, 0.29) is 63.9 Å². The Labute approximate surface area is 380 Å². The van der Waals surface area contributed by atoms with E-state index in [0.717, 1.165) is 37.2 Å². The van der Waals surface area contributed by atoms with Crippen molar-refractivity contribution in [3.63, 3.8) is 0 Å². The summed E-state index contributed by atoms with van der Waals surface area (Å²) in [5.74, 6) is 1.45. The molecule has 0 N–H and O–H groups in total. The molecule has 0 aromatic heterocycles. The molecule has 4 aliphatic rings. The number of allylic oxidation sites excluding steroid dienone is 16. The van der Waals surface area contributed by atoms with Gasteiger partial charge in [-0.2, -0.15) is 24.3 Å². The molecule has 0 fully saturated rings. The van der Waals surface area contributed by atoms with E-state index in [1.54, 1.807) is 38.5 Å². The number of ether oxygens (including phenoxy) is 2. The normalized spacial score (nSPS) is 13.4. The van der Waals surface area contributed by atoms with E-state index in [9.17, 15) is 10.2 Å². The summed E-state index contributed by atoms with van der Waals surface area (Å²) in [6.07, 6.45) is 50.1. The van der Waals surface area contributed by atoms with Crippen LogP contribution in [0.5, 0.6) is 23.0 Å². The van der Waals surface area contributed by atoms with Gasteiger partial charge in [0.1, 0.15) is 11.5 Å². The zero-order valence-corrected chi connectivity index (χ0v) is 40.1. The Morgan fingerprint density at radius 1 is 0.429 bits per heavy atom. The van der Waals surface area contributed by atoms with Crippen LogP contribution in [0.15, 0.2) is 119 Å². The molecular weight excluding hydrogens is 847 g/mol. The van der Waals surface area contributed by atoms with Gasteiger partial charge >= 0.3 is 52.4 Å². The Kier molecular flexibility index (Phi) is 38.8. The molecule has 2 aromatic rings. The van der Waals surface area contributed by atoms with Crippen molar-refractivity contribution in [3.8, 4) is 23.0 Å². The third-order valence-corrected chi connectivity index (χ3v) is 8.38. The van der Waals surface area contributed by atoms with Gasteiger partial charge in [0, 0.05) is 0 Å². The maximum absolute atomic E-state index is 10.5. The quantitative estimate of drug-likeness (QED) is 0.177. The summed E-state index contributed by atoms with van der Waals surface area (Å²) in [6.45, 7) is 8.89. The third kappa shape index (κ3) is 30.5. The molecule has 300 valence electrons. The second-order valence-electron chi connectivity index (χ2n) is 13.0. The molecule has 0 unspecified atom stereocenters. The van der Waals surface area contributed by atoms with Crippen molar-refractivity contribution in [1.82, 2.24) is 0 Å². The SMILES string of the molecule is CCCCC1=[C-]CC=C1.CCCCC1=[C-]CC=C1.CCCCC1=[C-]CC=C1.CCCCC1=[C-]CC=C1.COc1ccc([O-])cc1.COc1ccc([O-])cc1.[Zr+2].[Zr+2]. The molecule has 0 aliphatic heterocycles. The Morgan fingerprint density at radius 2 is 0.661 bits per heavy atom. The summed E-state index contributed by atoms with van der Waals surface area (Å²) in [5.41, 5.74) is 5.66. The first-order valence-corrected chi connectivity index (χ1v) is 20.1. The van der Waals surface area contributed by atoms with Gasteiger partial charge in [0.25, 0.3) is 0 Å². The van der Waals surface area contributed by atoms with Gasteiger partial charge in [-0.25, -0.2) is 46.6 Å². The minimum atomic E-state index is 0. The largest absolute Gasteiger partial charge is 2.00 e. The average molecular weight is 914 g/mol. The average Bonchev–Trinajstić information content (AvgIpc) is 4.07. The van der Waals surface area contributed by atoms with E-state index >= 15 is 0 Å². The summed E-state index contributed by atoms with van der Waals surface area (Å²) in [7, 11) is 3.14. The van der Waals surface area contributed by atoms with Crippen LogP contribution < -0.4 is 19.7 Å². The van der Waals surface area contributed by atoms with Gasteiger partial charge in [0.05, 0.1) is 14.2 Å². The smallest absolute Gasteiger partial charge is 0.872 e. The molecule has 2 aromatic carbocycles. The summed E-state index contributed by atoms with van der Waals surface area (Å²) < 4.78 is 9.66. The van der Waals surface area contributed by atoms with E-state index in [1.165, 1.54) is 124 Å². The Hall–Kier alpha value is -2.67. The summed E-state index contributed by atoms with van der Waals surface area (Å²) >= 11 is 0. The van der Waals surface area contributed by atoms with Gasteiger partial charge in [0.2, 0.25) is 0 Å². The van der Waals surface area contributed by atoms with E-state index in [2.05, 4.69) is 101 Å². The number of methoxy groups -OCH3 is 2. The fourth-order valence-electron chi connectivity index (χ4n) is 5.11. The molecular formula is C50H66O4Zr2-2. The van der Waals surface area contributed by atoms with Gasteiger partial charge in [0.15, 0.2) is 0 Å². The Morgan fingerprint density at radius 3 is 0.821 bits per heavy atom. The number of benzene rings is 2. The first kappa shape index (κ1) is 55.4. The maximum atomic E-state index is 10.5. The van der Waals surface area contributed by atoms with Gasteiger partial charge in [-0.15, -0.1) is 37.2 Å². The predicted octanol–water partition coefficient (Wildman–Crippen LogP) is 13.0. The number of rotatable bonds is 14. The standard InChI is InChI=1S/4C9H13.2C7H8O2.2Zr/c4*1-2-3-6-9-7-4-5-8-9;2*1-9-7-4-2-6(8)3-5-7;;/h4*4,7H,2-3,5-6H2,1H3;2*2-5,8H,1H3;;/q4*-1;;;2*+2/p-2. The summed E-state index contributed by atoms with van der Waals surface area (Å²) in [5, 5.41) is 21.0. The van der Waals surface area contributed by atoms with Crippen LogP contribution in [0.3, 0.4) is 0 Å². The van der Waals surface area contributed by atoms with Crippen LogP contribution in [0.2, 0.25) is 0 Å². The molecule has 0 spiro atoms. The van der Waals surface area contributed by atoms with Gasteiger partial charge in [-0.1, -0.05) is 129 Å². The molecule has 6 rings (SSSR count). The molecule has 56 heavy (non-hydrogen) atoms. The second-order valence-corrected chi connectivity index (χ2v) is 13.0. The minimum absolute atomic E-state index is 0. The predicted molar refractivity (Wildman–Crippen MR) is 225 cm³/mol. The molecule has 4 aliphatic carbocycles. The molecule has 0 bridgehead atoms. The first-order valence-electron chi connectivity index (χ1n) is 20.1. The molecule has 0 saturated carbocycles. The van der Waals surface area contributed by atoms with Crippen molar-refractivity contribution in [2.45, 2.75) is 130 Å². The van der Waals surface area contributed by atoms with Crippen molar-refractivity contribution >= 4 is 0 Å². The van der Waals surface area contributed by atoms with E-state index in [0.29, 0.717) is 0 Å². The van der Waals surface area contributed by atoms with Crippen LogP contribution >= 0.6 is 0 Å². The number of hydrogen-bond acceptors (Lipinski definition) is 4. The monoisotopic (exact) mass is 910 g/mol. The molecule has 6 heteroatoms. The van der Waals surface area contributed by atoms with Crippen molar-refractivity contribution in [2.75, 3.05) is 14.2 Å². The van der Waals surface area contributed by atoms with E-state index in [1.807, 2.05) is 0 Å². The van der Waals surface area contributed by atoms with Crippen molar-refractivity contribution in [2.24, 2.45) is 0 Å². The molecule has 0 saturated heterocycles. The minimum Gasteiger partial charge on any atom is -0.872 e. The van der Waals surface area contributed by atoms with Crippen LogP contribution in [0.25, 0.3) is 0 Å². The van der Waals surface area contributed by atoms with Crippen LogP contribution in [-0.2, 0) is 52.4 Å². The van der Waals surface area contributed by atoms with Gasteiger partial charge in [-0.05, 0) is 24.3 Å². The van der Waals surface area contributed by atoms with Crippen LogP contribution in [0.1, 0.15) is 130 Å². The third-order valence-electron chi connectivity index (χ3n) is 8.38. The van der Waals surface area contributed by atoms with Gasteiger partial charge in [-0.3, -0.25) is 24.3 Å². The molecule has 0 radical (unpaired) electrons. The first-order chi connectivity index (χ1) is 26.4. The summed E-state index contributed by atoms with van der Waals surface area (Å²) in [4.78, 5) is 0. The van der Waals surface area contributed by atoms with Crippen LogP contribution in [0.4, 0.5) is 0 Å².